The molecule has 0 aliphatic carbocycles. The van der Waals surface area contributed by atoms with Gasteiger partial charge in [-0.15, -0.1) is 10.2 Å². The van der Waals surface area contributed by atoms with Crippen molar-refractivity contribution in [1.29, 1.82) is 0 Å². The smallest absolute Gasteiger partial charge is 0.387 e. The molecule has 2 N–H and O–H groups in total. The number of nitrogens with one attached hydrogen (secondary N) is 2. The van der Waals surface area contributed by atoms with Gasteiger partial charge >= 0.3 is 6.61 Å². The van der Waals surface area contributed by atoms with E-state index in [-0.39, 0.29) is 12.3 Å². The summed E-state index contributed by atoms with van der Waals surface area (Å²) in [5.74, 6) is 2.06. The van der Waals surface area contributed by atoms with Crippen LogP contribution in [-0.4, -0.2) is 27.3 Å². The molecule has 0 spiro atoms. The first-order chi connectivity index (χ1) is 14.9. The third-order valence-corrected chi connectivity index (χ3v) is 4.78. The second-order valence-electron chi connectivity index (χ2n) is 6.71. The summed E-state index contributed by atoms with van der Waals surface area (Å²) in [7, 11) is 1.88. The van der Waals surface area contributed by atoms with E-state index in [4.69, 9.17) is 11.6 Å². The fourth-order valence-corrected chi connectivity index (χ4v) is 2.97. The van der Waals surface area contributed by atoms with E-state index in [2.05, 4.69) is 30.6 Å². The third kappa shape index (κ3) is 6.65. The Balaban J connectivity index is 1.74. The van der Waals surface area contributed by atoms with Crippen molar-refractivity contribution < 1.29 is 13.5 Å². The van der Waals surface area contributed by atoms with Gasteiger partial charge < -0.3 is 19.9 Å². The summed E-state index contributed by atoms with van der Waals surface area (Å²) < 4.78 is 31.9. The Morgan fingerprint density at radius 1 is 1.13 bits per heavy atom. The molecule has 0 aliphatic heterocycles. The zero-order valence-corrected chi connectivity index (χ0v) is 17.9. The lowest BCUT2D eigenvalue weighted by molar-refractivity contribution is -0.0504. The average Bonchev–Trinajstić information content (AvgIpc) is 3.07. The summed E-state index contributed by atoms with van der Waals surface area (Å²) in [6, 6.07) is 14.3. The minimum atomic E-state index is -2.93. The topological polar surface area (TPSA) is 76.4 Å². The summed E-state index contributed by atoms with van der Waals surface area (Å²) in [4.78, 5) is 4.59. The quantitative estimate of drug-likeness (QED) is 0.405. The van der Waals surface area contributed by atoms with E-state index in [0.29, 0.717) is 29.6 Å². The number of aromatic nitrogens is 3. The zero-order chi connectivity index (χ0) is 22.2. The van der Waals surface area contributed by atoms with Gasteiger partial charge in [0.05, 0.1) is 13.1 Å². The van der Waals surface area contributed by atoms with E-state index < -0.39 is 6.61 Å². The van der Waals surface area contributed by atoms with Gasteiger partial charge in [0, 0.05) is 24.2 Å². The molecular weight excluding hydrogens is 426 g/mol. The lowest BCUT2D eigenvalue weighted by atomic mass is 10.2. The highest BCUT2D eigenvalue weighted by Gasteiger charge is 2.12. The maximum atomic E-state index is 12.7. The molecule has 1 heterocycles. The Hall–Kier alpha value is -3.20. The minimum absolute atomic E-state index is 0.0539. The van der Waals surface area contributed by atoms with E-state index in [1.165, 1.54) is 12.1 Å². The van der Waals surface area contributed by atoms with Crippen molar-refractivity contribution >= 4 is 17.6 Å². The zero-order valence-electron chi connectivity index (χ0n) is 17.1. The number of nitrogens with zero attached hydrogens (tertiary/aromatic N) is 4. The highest BCUT2D eigenvalue weighted by Crippen LogP contribution is 2.24. The standard InChI is InChI=1S/C21H23ClF2N6O/c1-14-28-29-19(30(14)2)13-27-21(25-11-15-6-4-3-5-7-15)26-12-16-10-17(22)8-9-18(16)31-20(23)24/h3-10,20H,11-13H2,1-2H3,(H2,25,26,27). The largest absolute Gasteiger partial charge is 0.434 e. The van der Waals surface area contributed by atoms with Crippen LogP contribution in [0.15, 0.2) is 53.5 Å². The van der Waals surface area contributed by atoms with Crippen molar-refractivity contribution in [3.63, 3.8) is 0 Å². The molecule has 0 amide bonds. The van der Waals surface area contributed by atoms with Crippen LogP contribution in [0.1, 0.15) is 22.8 Å². The molecule has 0 atom stereocenters. The SMILES string of the molecule is Cc1nnc(CNC(=NCc2ccccc2)NCc2cc(Cl)ccc2OC(F)F)n1C. The molecule has 0 aliphatic rings. The van der Waals surface area contributed by atoms with E-state index >= 15 is 0 Å². The van der Waals surface area contributed by atoms with Crippen molar-refractivity contribution in [2.45, 2.75) is 33.2 Å². The van der Waals surface area contributed by atoms with Crippen LogP contribution in [-0.2, 0) is 26.7 Å². The molecule has 10 heteroatoms. The van der Waals surface area contributed by atoms with E-state index in [9.17, 15) is 8.78 Å². The number of alkyl halides is 2. The summed E-state index contributed by atoms with van der Waals surface area (Å²) in [6.45, 7) is -0.0645. The molecule has 3 aromatic rings. The molecule has 0 bridgehead atoms. The number of benzene rings is 2. The van der Waals surface area contributed by atoms with Crippen LogP contribution in [0.4, 0.5) is 8.78 Å². The summed E-state index contributed by atoms with van der Waals surface area (Å²) in [5.41, 5.74) is 1.51. The number of hydrogen-bond acceptors (Lipinski definition) is 4. The number of halogens is 3. The maximum absolute atomic E-state index is 12.7. The predicted molar refractivity (Wildman–Crippen MR) is 115 cm³/mol. The number of guanidine groups is 1. The first kappa shape index (κ1) is 22.5. The monoisotopic (exact) mass is 448 g/mol. The van der Waals surface area contributed by atoms with Crippen LogP contribution in [0, 0.1) is 6.92 Å². The molecule has 2 aromatic carbocycles. The van der Waals surface area contributed by atoms with Gasteiger partial charge in [0.25, 0.3) is 0 Å². The predicted octanol–water partition coefficient (Wildman–Crippen LogP) is 3.81. The van der Waals surface area contributed by atoms with E-state index in [1.807, 2.05) is 48.9 Å². The van der Waals surface area contributed by atoms with Crippen LogP contribution in [0.3, 0.4) is 0 Å². The van der Waals surface area contributed by atoms with Crippen LogP contribution >= 0.6 is 11.6 Å². The van der Waals surface area contributed by atoms with Gasteiger partial charge in [0.2, 0.25) is 0 Å². The molecule has 31 heavy (non-hydrogen) atoms. The average molecular weight is 449 g/mol. The number of aliphatic imine (C=N–C) groups is 1. The molecule has 0 radical (unpaired) electrons. The maximum Gasteiger partial charge on any atom is 0.387 e. The molecular formula is C21H23ClF2N6O. The van der Waals surface area contributed by atoms with Gasteiger partial charge in [-0.3, -0.25) is 0 Å². The normalized spacial score (nSPS) is 11.6. The molecule has 0 saturated heterocycles. The molecule has 0 fully saturated rings. The number of ether oxygens (including phenoxy) is 1. The molecule has 0 saturated carbocycles. The van der Waals surface area contributed by atoms with Crippen LogP contribution in [0.5, 0.6) is 5.75 Å². The van der Waals surface area contributed by atoms with Crippen molar-refractivity contribution in [2.24, 2.45) is 12.0 Å². The molecule has 1 aromatic heterocycles. The Kier molecular flexibility index (Phi) is 7.77. The summed E-state index contributed by atoms with van der Waals surface area (Å²) in [6.07, 6.45) is 0. The second kappa shape index (κ2) is 10.7. The van der Waals surface area contributed by atoms with Crippen LogP contribution in [0.25, 0.3) is 0 Å². The lowest BCUT2D eigenvalue weighted by Gasteiger charge is -2.15. The third-order valence-electron chi connectivity index (χ3n) is 4.54. The highest BCUT2D eigenvalue weighted by molar-refractivity contribution is 6.30. The number of hydrogen-bond donors (Lipinski definition) is 2. The summed E-state index contributed by atoms with van der Waals surface area (Å²) in [5, 5.41) is 14.9. The molecule has 7 nitrogen and oxygen atoms in total. The fourth-order valence-electron chi connectivity index (χ4n) is 2.77. The van der Waals surface area contributed by atoms with Gasteiger partial charge in [-0.1, -0.05) is 41.9 Å². The molecule has 3 rings (SSSR count). The first-order valence-corrected chi connectivity index (χ1v) is 9.94. The molecule has 164 valence electrons. The fraction of sp³-hybridized carbons (Fsp3) is 0.286. The van der Waals surface area contributed by atoms with Crippen molar-refractivity contribution in [2.75, 3.05) is 0 Å². The van der Waals surface area contributed by atoms with Crippen molar-refractivity contribution in [3.05, 3.63) is 76.3 Å². The van der Waals surface area contributed by atoms with Crippen LogP contribution in [0.2, 0.25) is 5.02 Å². The van der Waals surface area contributed by atoms with Gasteiger partial charge in [-0.2, -0.15) is 8.78 Å². The van der Waals surface area contributed by atoms with Gasteiger partial charge in [-0.25, -0.2) is 4.99 Å². The minimum Gasteiger partial charge on any atom is -0.434 e. The Morgan fingerprint density at radius 3 is 2.55 bits per heavy atom. The van der Waals surface area contributed by atoms with Crippen molar-refractivity contribution in [3.8, 4) is 5.75 Å². The molecule has 0 unspecified atom stereocenters. The van der Waals surface area contributed by atoms with E-state index in [0.717, 1.165) is 17.2 Å². The second-order valence-corrected chi connectivity index (χ2v) is 7.15. The van der Waals surface area contributed by atoms with Gasteiger partial charge in [-0.05, 0) is 30.7 Å². The Labute approximate surface area is 184 Å². The number of rotatable bonds is 8. The number of aryl methyl sites for hydroxylation is 1. The summed E-state index contributed by atoms with van der Waals surface area (Å²) >= 11 is 6.04. The Bertz CT molecular complexity index is 1030. The van der Waals surface area contributed by atoms with Gasteiger partial charge in [0.1, 0.15) is 11.6 Å². The lowest BCUT2D eigenvalue weighted by Crippen LogP contribution is -2.37. The van der Waals surface area contributed by atoms with Gasteiger partial charge in [0.15, 0.2) is 11.8 Å². The van der Waals surface area contributed by atoms with E-state index in [1.54, 1.807) is 6.07 Å². The highest BCUT2D eigenvalue weighted by atomic mass is 35.5. The van der Waals surface area contributed by atoms with Crippen molar-refractivity contribution in [1.82, 2.24) is 25.4 Å². The van der Waals surface area contributed by atoms with Crippen LogP contribution < -0.4 is 15.4 Å². The first-order valence-electron chi connectivity index (χ1n) is 9.56. The Morgan fingerprint density at radius 2 is 1.87 bits per heavy atom.